The predicted molar refractivity (Wildman–Crippen MR) is 53.7 cm³/mol. The van der Waals surface area contributed by atoms with E-state index >= 15 is 0 Å². The van der Waals surface area contributed by atoms with E-state index in [2.05, 4.69) is 21.2 Å². The van der Waals surface area contributed by atoms with Crippen molar-refractivity contribution in [1.82, 2.24) is 4.90 Å². The molecular weight excluding hydrogens is 195 g/mol. The normalized spacial score (nSPS) is 15.5. The van der Waals surface area contributed by atoms with Crippen LogP contribution in [0.3, 0.4) is 0 Å². The van der Waals surface area contributed by atoms with Gasteiger partial charge in [0, 0.05) is 25.2 Å². The summed E-state index contributed by atoms with van der Waals surface area (Å²) in [6, 6.07) is 3.29. The fourth-order valence-corrected chi connectivity index (χ4v) is 2.24. The Balaban J connectivity index is 2.51. The molecule has 2 rings (SSSR count). The third-order valence-electron chi connectivity index (χ3n) is 2.44. The van der Waals surface area contributed by atoms with Gasteiger partial charge in [-0.15, -0.1) is 4.43 Å². The molecule has 0 atom stereocenters. The van der Waals surface area contributed by atoms with Crippen LogP contribution in [0.4, 0.5) is 5.69 Å². The maximum atomic E-state index is 10.6. The van der Waals surface area contributed by atoms with E-state index in [-0.39, 0.29) is 10.6 Å². The molecule has 2 radical (unpaired) electrons. The third kappa shape index (κ3) is 1.55. The van der Waals surface area contributed by atoms with Crippen molar-refractivity contribution in [3.8, 4) is 0 Å². The second-order valence-corrected chi connectivity index (χ2v) is 4.22. The minimum absolute atomic E-state index is 0.184. The number of benzene rings is 1. The molecule has 1 heterocycles. The predicted octanol–water partition coefficient (Wildman–Crippen LogP) is 0.334. The van der Waals surface area contributed by atoms with Crippen LogP contribution in [0, 0.1) is 10.1 Å². The Morgan fingerprint density at radius 1 is 1.50 bits per heavy atom. The van der Waals surface area contributed by atoms with Gasteiger partial charge in [0.15, 0.2) is 16.3 Å². The lowest BCUT2D eigenvalue weighted by Gasteiger charge is -2.04. The minimum Gasteiger partial charge on any atom is -0.298 e. The van der Waals surface area contributed by atoms with Gasteiger partial charge in [-0.1, -0.05) is 0 Å². The Morgan fingerprint density at radius 3 is 2.86 bits per heavy atom. The summed E-state index contributed by atoms with van der Waals surface area (Å²) in [5, 5.41) is 10.6. The monoisotopic (exact) mass is 204 g/mol. The van der Waals surface area contributed by atoms with Crippen molar-refractivity contribution in [1.29, 1.82) is 0 Å². The lowest BCUT2D eigenvalue weighted by Crippen LogP contribution is -2.13. The third-order valence-corrected chi connectivity index (χ3v) is 2.96. The van der Waals surface area contributed by atoms with E-state index in [1.165, 1.54) is 5.56 Å². The Hall–Kier alpha value is -0.888. The summed E-state index contributed by atoms with van der Waals surface area (Å²) in [5.74, 6) is 0. The van der Waals surface area contributed by atoms with Crippen LogP contribution in [-0.4, -0.2) is 33.2 Å². The van der Waals surface area contributed by atoms with Crippen LogP contribution in [0.15, 0.2) is 12.1 Å². The highest BCUT2D eigenvalue weighted by Gasteiger charge is 2.20. The molecule has 1 aliphatic rings. The Kier molecular flexibility index (Phi) is 2.32. The quantitative estimate of drug-likeness (QED) is 0.376. The van der Waals surface area contributed by atoms with Gasteiger partial charge < -0.3 is 0 Å². The number of nitro groups is 1. The van der Waals surface area contributed by atoms with Gasteiger partial charge in [0.1, 0.15) is 0 Å². The van der Waals surface area contributed by atoms with E-state index in [1.807, 2.05) is 7.05 Å². The fourth-order valence-electron chi connectivity index (χ4n) is 1.80. The van der Waals surface area contributed by atoms with E-state index < -0.39 is 0 Å². The topological polar surface area (TPSA) is 46.4 Å². The first kappa shape index (κ1) is 9.66. The zero-order valence-corrected chi connectivity index (χ0v) is 9.01. The molecule has 0 saturated heterocycles. The summed E-state index contributed by atoms with van der Waals surface area (Å²) in [5.41, 5.74) is 2.47. The molecule has 1 aromatic rings. The smallest absolute Gasteiger partial charge is 0.268 e. The average Bonchev–Trinajstić information content (AvgIpc) is 2.45. The molecule has 0 bridgehead atoms. The highest BCUT2D eigenvalue weighted by Crippen LogP contribution is 2.23. The molecular formula is C9H9AlN2O2. The second-order valence-electron chi connectivity index (χ2n) is 3.60. The standard InChI is InChI=1S/C9H9N2O2.Al/c1-10-5-7-2-3-9(11(12)13)4-8(7)6-10;/h3-4H,5-6H2,1H3;. The van der Waals surface area contributed by atoms with Crippen LogP contribution in [0.1, 0.15) is 11.1 Å². The van der Waals surface area contributed by atoms with E-state index in [1.54, 1.807) is 12.1 Å². The number of fused-ring (bicyclic) bond motifs is 1. The van der Waals surface area contributed by atoms with E-state index in [0.717, 1.165) is 23.1 Å². The van der Waals surface area contributed by atoms with Crippen LogP contribution >= 0.6 is 0 Å². The summed E-state index contributed by atoms with van der Waals surface area (Å²) in [6.07, 6.45) is 0. The number of hydrogen-bond acceptors (Lipinski definition) is 3. The molecule has 0 saturated carbocycles. The first-order valence-corrected chi connectivity index (χ1v) is 4.90. The molecule has 1 aromatic carbocycles. The first-order chi connectivity index (χ1) is 6.58. The molecule has 4 nitrogen and oxygen atoms in total. The van der Waals surface area contributed by atoms with Gasteiger partial charge in [-0.3, -0.25) is 15.0 Å². The number of rotatable bonds is 1. The highest BCUT2D eigenvalue weighted by molar-refractivity contribution is 6.33. The molecule has 5 heteroatoms. The number of nitrogens with zero attached hydrogens (tertiary/aromatic N) is 2. The zero-order chi connectivity index (χ0) is 10.3. The molecule has 0 spiro atoms. The van der Waals surface area contributed by atoms with Gasteiger partial charge >= 0.3 is 0 Å². The summed E-state index contributed by atoms with van der Waals surface area (Å²) >= 11 is 2.57. The summed E-state index contributed by atoms with van der Waals surface area (Å²) < 4.78 is 0.943. The van der Waals surface area contributed by atoms with Crippen LogP contribution < -0.4 is 4.43 Å². The van der Waals surface area contributed by atoms with Gasteiger partial charge in [0.05, 0.1) is 4.92 Å². The highest BCUT2D eigenvalue weighted by atomic mass is 27.0. The summed E-state index contributed by atoms with van der Waals surface area (Å²) in [6.45, 7) is 1.69. The number of hydrogen-bond donors (Lipinski definition) is 0. The lowest BCUT2D eigenvalue weighted by atomic mass is 10.1. The molecule has 0 amide bonds. The van der Waals surface area contributed by atoms with E-state index in [4.69, 9.17) is 0 Å². The maximum Gasteiger partial charge on any atom is 0.268 e. The van der Waals surface area contributed by atoms with Crippen LogP contribution in [0.25, 0.3) is 0 Å². The summed E-state index contributed by atoms with van der Waals surface area (Å²) in [4.78, 5) is 12.4. The average molecular weight is 204 g/mol. The van der Waals surface area contributed by atoms with Gasteiger partial charge in [-0.2, -0.15) is 0 Å². The molecule has 0 fully saturated rings. The Morgan fingerprint density at radius 2 is 2.21 bits per heavy atom. The minimum atomic E-state index is -0.341. The van der Waals surface area contributed by atoms with Crippen molar-refractivity contribution in [3.05, 3.63) is 33.4 Å². The summed E-state index contributed by atoms with van der Waals surface area (Å²) in [7, 11) is 2.01. The first-order valence-electron chi connectivity index (χ1n) is 4.32. The maximum absolute atomic E-state index is 10.6. The lowest BCUT2D eigenvalue weighted by molar-refractivity contribution is -0.384. The Labute approximate surface area is 90.1 Å². The number of nitro benzene ring substituents is 1. The molecule has 0 aromatic heterocycles. The van der Waals surface area contributed by atoms with Crippen molar-refractivity contribution in [3.63, 3.8) is 0 Å². The molecule has 1 aliphatic heterocycles. The van der Waals surface area contributed by atoms with Gasteiger partial charge in [0.2, 0.25) is 0 Å². The fraction of sp³-hybridized carbons (Fsp3) is 0.333. The van der Waals surface area contributed by atoms with Gasteiger partial charge in [-0.05, 0) is 18.2 Å². The Bertz CT molecular complexity index is 406. The SMILES string of the molecule is CN1Cc2cc([N+](=O)[O-])c[c]([Al])c2C1. The zero-order valence-electron chi connectivity index (χ0n) is 7.86. The van der Waals surface area contributed by atoms with Gasteiger partial charge in [-0.25, -0.2) is 0 Å². The number of non-ortho nitro benzene ring substituents is 1. The van der Waals surface area contributed by atoms with Crippen LogP contribution in [0.5, 0.6) is 0 Å². The molecule has 70 valence electrons. The van der Waals surface area contributed by atoms with Crippen LogP contribution in [0.2, 0.25) is 0 Å². The van der Waals surface area contributed by atoms with Gasteiger partial charge in [0.25, 0.3) is 5.69 Å². The van der Waals surface area contributed by atoms with E-state index in [0.29, 0.717) is 0 Å². The van der Waals surface area contributed by atoms with Crippen molar-refractivity contribution < 1.29 is 4.92 Å². The molecule has 0 aliphatic carbocycles. The van der Waals surface area contributed by atoms with Crippen LogP contribution in [-0.2, 0) is 13.1 Å². The van der Waals surface area contributed by atoms with Crippen molar-refractivity contribution in [2.75, 3.05) is 7.05 Å². The van der Waals surface area contributed by atoms with Crippen molar-refractivity contribution in [2.45, 2.75) is 13.1 Å². The molecule has 0 N–H and O–H groups in total. The van der Waals surface area contributed by atoms with E-state index in [9.17, 15) is 10.1 Å². The largest absolute Gasteiger partial charge is 0.298 e. The molecule has 14 heavy (non-hydrogen) atoms. The molecule has 0 unspecified atom stereocenters. The second kappa shape index (κ2) is 3.36. The van der Waals surface area contributed by atoms with Crippen molar-refractivity contribution in [2.24, 2.45) is 0 Å². The van der Waals surface area contributed by atoms with Crippen molar-refractivity contribution >= 4 is 26.4 Å².